The number of hydrogen-bond acceptors (Lipinski definition) is 8. The second kappa shape index (κ2) is 9.13. The SMILES string of the molecule is CN(C1CCCCC1)S(=O)(=O)c1cc([N+](=O)[O-])ccc1N/N=C/c1ccc2c(c1)OCO2. The van der Waals surface area contributed by atoms with Gasteiger partial charge in [-0.25, -0.2) is 8.42 Å². The van der Waals surface area contributed by atoms with Gasteiger partial charge in [-0.05, 0) is 42.7 Å². The van der Waals surface area contributed by atoms with E-state index >= 15 is 0 Å². The largest absolute Gasteiger partial charge is 0.454 e. The van der Waals surface area contributed by atoms with Crippen LogP contribution in [-0.2, 0) is 10.0 Å². The van der Waals surface area contributed by atoms with Gasteiger partial charge in [0.15, 0.2) is 11.5 Å². The molecule has 0 bridgehead atoms. The summed E-state index contributed by atoms with van der Waals surface area (Å²) in [6.07, 6.45) is 6.06. The van der Waals surface area contributed by atoms with Crippen molar-refractivity contribution in [1.82, 2.24) is 4.31 Å². The summed E-state index contributed by atoms with van der Waals surface area (Å²) in [7, 11) is -2.44. The van der Waals surface area contributed by atoms with Gasteiger partial charge in [0.25, 0.3) is 5.69 Å². The molecular formula is C21H24N4O6S. The van der Waals surface area contributed by atoms with Crippen LogP contribution in [0.15, 0.2) is 46.4 Å². The van der Waals surface area contributed by atoms with E-state index in [4.69, 9.17) is 9.47 Å². The van der Waals surface area contributed by atoms with E-state index in [0.29, 0.717) is 17.1 Å². The van der Waals surface area contributed by atoms with Crippen molar-refractivity contribution in [2.45, 2.75) is 43.0 Å². The molecule has 0 saturated heterocycles. The molecule has 1 aliphatic heterocycles. The lowest BCUT2D eigenvalue weighted by molar-refractivity contribution is -0.385. The molecule has 1 fully saturated rings. The van der Waals surface area contributed by atoms with Crippen LogP contribution >= 0.6 is 0 Å². The summed E-state index contributed by atoms with van der Waals surface area (Å²) in [5.74, 6) is 1.24. The molecule has 11 heteroatoms. The Labute approximate surface area is 186 Å². The molecule has 4 rings (SSSR count). The van der Waals surface area contributed by atoms with Crippen molar-refractivity contribution in [1.29, 1.82) is 0 Å². The first-order chi connectivity index (χ1) is 15.4. The van der Waals surface area contributed by atoms with Crippen LogP contribution in [0.2, 0.25) is 0 Å². The molecule has 0 spiro atoms. The number of nitro groups is 1. The first-order valence-electron chi connectivity index (χ1n) is 10.3. The van der Waals surface area contributed by atoms with Gasteiger partial charge in [0.1, 0.15) is 4.90 Å². The Kier molecular flexibility index (Phi) is 6.28. The zero-order valence-electron chi connectivity index (χ0n) is 17.6. The maximum absolute atomic E-state index is 13.4. The van der Waals surface area contributed by atoms with Gasteiger partial charge in [-0.15, -0.1) is 0 Å². The maximum atomic E-state index is 13.4. The number of anilines is 1. The van der Waals surface area contributed by atoms with E-state index in [2.05, 4.69) is 10.5 Å². The topological polar surface area (TPSA) is 123 Å². The van der Waals surface area contributed by atoms with Crippen molar-refractivity contribution >= 4 is 27.6 Å². The van der Waals surface area contributed by atoms with E-state index in [-0.39, 0.29) is 29.1 Å². The average Bonchev–Trinajstić information content (AvgIpc) is 3.27. The third-order valence-corrected chi connectivity index (χ3v) is 7.67. The molecule has 1 aliphatic carbocycles. The molecule has 1 N–H and O–H groups in total. The van der Waals surface area contributed by atoms with E-state index < -0.39 is 14.9 Å². The number of non-ortho nitro benzene ring substituents is 1. The molecule has 0 amide bonds. The predicted octanol–water partition coefficient (Wildman–Crippen LogP) is 3.72. The third-order valence-electron chi connectivity index (χ3n) is 5.72. The molecule has 2 aromatic carbocycles. The fourth-order valence-electron chi connectivity index (χ4n) is 3.90. The molecule has 10 nitrogen and oxygen atoms in total. The van der Waals surface area contributed by atoms with Gasteiger partial charge in [-0.3, -0.25) is 15.5 Å². The van der Waals surface area contributed by atoms with Crippen LogP contribution in [0.3, 0.4) is 0 Å². The summed E-state index contributed by atoms with van der Waals surface area (Å²) in [4.78, 5) is 10.5. The number of nitrogens with zero attached hydrogens (tertiary/aromatic N) is 3. The zero-order chi connectivity index (χ0) is 22.7. The normalized spacial score (nSPS) is 16.6. The van der Waals surface area contributed by atoms with Gasteiger partial charge >= 0.3 is 0 Å². The fourth-order valence-corrected chi connectivity index (χ4v) is 5.47. The fraction of sp³-hybridized carbons (Fsp3) is 0.381. The lowest BCUT2D eigenvalue weighted by Crippen LogP contribution is -2.38. The molecule has 0 aromatic heterocycles. The Balaban J connectivity index is 1.61. The number of hydrogen-bond donors (Lipinski definition) is 1. The number of ether oxygens (including phenoxy) is 2. The van der Waals surface area contributed by atoms with E-state index in [0.717, 1.165) is 38.2 Å². The molecule has 0 atom stereocenters. The van der Waals surface area contributed by atoms with Crippen LogP contribution in [0.5, 0.6) is 11.5 Å². The summed E-state index contributed by atoms with van der Waals surface area (Å²) >= 11 is 0. The minimum Gasteiger partial charge on any atom is -0.454 e. The van der Waals surface area contributed by atoms with E-state index in [1.54, 1.807) is 18.2 Å². The lowest BCUT2D eigenvalue weighted by Gasteiger charge is -2.30. The Morgan fingerprint density at radius 3 is 2.62 bits per heavy atom. The molecule has 1 heterocycles. The van der Waals surface area contributed by atoms with E-state index in [1.807, 2.05) is 0 Å². The zero-order valence-corrected chi connectivity index (χ0v) is 18.4. The minimum absolute atomic E-state index is 0.127. The number of nitrogens with one attached hydrogen (secondary N) is 1. The Bertz CT molecular complexity index is 1140. The van der Waals surface area contributed by atoms with Crippen molar-refractivity contribution in [2.75, 3.05) is 19.3 Å². The quantitative estimate of drug-likeness (QED) is 0.379. The van der Waals surface area contributed by atoms with E-state index in [9.17, 15) is 18.5 Å². The van der Waals surface area contributed by atoms with Crippen LogP contribution in [0, 0.1) is 10.1 Å². The van der Waals surface area contributed by atoms with Crippen molar-refractivity contribution in [3.8, 4) is 11.5 Å². The summed E-state index contributed by atoms with van der Waals surface area (Å²) in [5.41, 5.74) is 3.31. The number of nitro benzene ring substituents is 1. The lowest BCUT2D eigenvalue weighted by atomic mass is 9.96. The summed E-state index contributed by atoms with van der Waals surface area (Å²) in [6, 6.07) is 8.84. The molecule has 0 radical (unpaired) electrons. The van der Waals surface area contributed by atoms with Crippen molar-refractivity contribution < 1.29 is 22.8 Å². The third kappa shape index (κ3) is 4.53. The van der Waals surface area contributed by atoms with E-state index in [1.165, 1.54) is 29.7 Å². The first kappa shape index (κ1) is 22.0. The van der Waals surface area contributed by atoms with Crippen LogP contribution in [0.25, 0.3) is 0 Å². The molecular weight excluding hydrogens is 436 g/mol. The summed E-state index contributed by atoms with van der Waals surface area (Å²) in [5, 5.41) is 15.4. The van der Waals surface area contributed by atoms with Crippen molar-refractivity contribution in [3.05, 3.63) is 52.1 Å². The Morgan fingerprint density at radius 2 is 1.88 bits per heavy atom. The average molecular weight is 461 g/mol. The number of hydrazone groups is 1. The monoisotopic (exact) mass is 460 g/mol. The highest BCUT2D eigenvalue weighted by Crippen LogP contribution is 2.33. The van der Waals surface area contributed by atoms with Gasteiger partial charge < -0.3 is 9.47 Å². The summed E-state index contributed by atoms with van der Waals surface area (Å²) < 4.78 is 38.7. The highest BCUT2D eigenvalue weighted by atomic mass is 32.2. The number of fused-ring (bicyclic) bond motifs is 1. The van der Waals surface area contributed by atoms with Gasteiger partial charge in [-0.2, -0.15) is 9.41 Å². The first-order valence-corrected chi connectivity index (χ1v) is 11.8. The van der Waals surface area contributed by atoms with Gasteiger partial charge in [-0.1, -0.05) is 19.3 Å². The van der Waals surface area contributed by atoms with Gasteiger partial charge in [0.2, 0.25) is 16.8 Å². The number of rotatable bonds is 7. The van der Waals surface area contributed by atoms with Gasteiger partial charge in [0, 0.05) is 25.2 Å². The number of sulfonamides is 1. The summed E-state index contributed by atoms with van der Waals surface area (Å²) in [6.45, 7) is 0.159. The van der Waals surface area contributed by atoms with Crippen LogP contribution in [-0.4, -0.2) is 43.7 Å². The number of benzene rings is 2. The molecule has 1 saturated carbocycles. The van der Waals surface area contributed by atoms with Crippen LogP contribution < -0.4 is 14.9 Å². The second-order valence-corrected chi connectivity index (χ2v) is 9.70. The molecule has 32 heavy (non-hydrogen) atoms. The Hall–Kier alpha value is -3.18. The minimum atomic E-state index is -3.97. The highest BCUT2D eigenvalue weighted by molar-refractivity contribution is 7.89. The molecule has 2 aromatic rings. The maximum Gasteiger partial charge on any atom is 0.270 e. The highest BCUT2D eigenvalue weighted by Gasteiger charge is 2.32. The Morgan fingerprint density at radius 1 is 1.12 bits per heavy atom. The molecule has 170 valence electrons. The second-order valence-electron chi connectivity index (χ2n) is 7.73. The molecule has 2 aliphatic rings. The predicted molar refractivity (Wildman–Crippen MR) is 119 cm³/mol. The van der Waals surface area contributed by atoms with Gasteiger partial charge in [0.05, 0.1) is 16.8 Å². The van der Waals surface area contributed by atoms with Crippen molar-refractivity contribution in [3.63, 3.8) is 0 Å². The van der Waals surface area contributed by atoms with Crippen LogP contribution in [0.4, 0.5) is 11.4 Å². The van der Waals surface area contributed by atoms with Crippen LogP contribution in [0.1, 0.15) is 37.7 Å². The van der Waals surface area contributed by atoms with Crippen molar-refractivity contribution in [2.24, 2.45) is 5.10 Å². The standard InChI is InChI=1S/C21H24N4O6S/c1-24(16-5-3-2-4-6-16)32(28,29)21-12-17(25(26)27)8-9-18(21)23-22-13-15-7-10-19-20(11-15)31-14-30-19/h7-13,16,23H,2-6,14H2,1H3/b22-13+. The molecule has 0 unspecified atom stereocenters. The smallest absolute Gasteiger partial charge is 0.270 e.